The topological polar surface area (TPSA) is 34.2 Å². The molecule has 4 nitrogen and oxygen atoms in total. The predicted octanol–water partition coefficient (Wildman–Crippen LogP) is 5.27. The molecule has 1 aliphatic heterocycles. The average molecular weight is 357 g/mol. The molecule has 0 amide bonds. The van der Waals surface area contributed by atoms with Crippen LogP contribution < -0.4 is 0 Å². The maximum absolute atomic E-state index is 6.33. The summed E-state index contributed by atoms with van der Waals surface area (Å²) < 4.78 is 8.33. The first-order chi connectivity index (χ1) is 13.4. The van der Waals surface area contributed by atoms with Crippen molar-refractivity contribution in [3.05, 3.63) is 72.5 Å². The van der Waals surface area contributed by atoms with Crippen LogP contribution in [-0.2, 0) is 6.54 Å². The van der Waals surface area contributed by atoms with Crippen molar-refractivity contribution in [2.24, 2.45) is 0 Å². The summed E-state index contributed by atoms with van der Waals surface area (Å²) in [7, 11) is 0. The van der Waals surface area contributed by atoms with Gasteiger partial charge in [-0.25, -0.2) is 4.68 Å². The van der Waals surface area contributed by atoms with Crippen LogP contribution in [-0.4, -0.2) is 27.8 Å². The van der Waals surface area contributed by atoms with Crippen LogP contribution in [0.4, 0.5) is 0 Å². The summed E-state index contributed by atoms with van der Waals surface area (Å²) in [5.74, 6) is 1.02. The first-order valence-corrected chi connectivity index (χ1v) is 9.73. The lowest BCUT2D eigenvalue weighted by Gasteiger charge is -2.25. The number of furan rings is 1. The third-order valence-electron chi connectivity index (χ3n) is 5.28. The lowest BCUT2D eigenvalue weighted by molar-refractivity contribution is 0.207. The van der Waals surface area contributed by atoms with E-state index >= 15 is 0 Å². The van der Waals surface area contributed by atoms with Crippen LogP contribution in [0.3, 0.4) is 0 Å². The van der Waals surface area contributed by atoms with E-state index in [4.69, 9.17) is 9.52 Å². The fraction of sp³-hybridized carbons (Fsp3) is 0.261. The van der Waals surface area contributed by atoms with Crippen molar-refractivity contribution in [3.63, 3.8) is 0 Å². The quantitative estimate of drug-likeness (QED) is 0.499. The van der Waals surface area contributed by atoms with Crippen LogP contribution >= 0.6 is 0 Å². The van der Waals surface area contributed by atoms with E-state index in [-0.39, 0.29) is 0 Å². The third-order valence-corrected chi connectivity index (χ3v) is 5.28. The van der Waals surface area contributed by atoms with Gasteiger partial charge in [-0.1, -0.05) is 55.0 Å². The van der Waals surface area contributed by atoms with Crippen LogP contribution in [0.25, 0.3) is 28.0 Å². The molecule has 0 radical (unpaired) electrons. The van der Waals surface area contributed by atoms with Crippen molar-refractivity contribution in [3.8, 4) is 16.9 Å². The number of hydrogen-bond donors (Lipinski definition) is 0. The molecule has 0 unspecified atom stereocenters. The van der Waals surface area contributed by atoms with Gasteiger partial charge in [-0.3, -0.25) is 4.90 Å². The van der Waals surface area contributed by atoms with Crippen molar-refractivity contribution >= 4 is 11.1 Å². The van der Waals surface area contributed by atoms with E-state index in [1.807, 2.05) is 41.1 Å². The van der Waals surface area contributed by atoms with Gasteiger partial charge in [-0.15, -0.1) is 0 Å². The minimum Gasteiger partial charge on any atom is -0.456 e. The van der Waals surface area contributed by atoms with Gasteiger partial charge in [0.05, 0.1) is 12.2 Å². The van der Waals surface area contributed by atoms with Gasteiger partial charge >= 0.3 is 0 Å². The summed E-state index contributed by atoms with van der Waals surface area (Å²) in [5, 5.41) is 4.89. The van der Waals surface area contributed by atoms with Gasteiger partial charge in [-0.2, -0.15) is 5.10 Å². The number of piperidine rings is 1. The smallest absolute Gasteiger partial charge is 0.180 e. The lowest BCUT2D eigenvalue weighted by atomic mass is 10.1. The minimum atomic E-state index is 0.872. The molecule has 2 aromatic carbocycles. The molecule has 27 heavy (non-hydrogen) atoms. The summed E-state index contributed by atoms with van der Waals surface area (Å²) >= 11 is 0. The van der Waals surface area contributed by atoms with E-state index in [0.717, 1.165) is 53.4 Å². The molecule has 0 N–H and O–H groups in total. The molecule has 4 heteroatoms. The van der Waals surface area contributed by atoms with Gasteiger partial charge in [-0.05, 0) is 38.1 Å². The number of fused-ring (bicyclic) bond motifs is 1. The second-order valence-corrected chi connectivity index (χ2v) is 7.23. The Morgan fingerprint density at radius 3 is 2.30 bits per heavy atom. The second kappa shape index (κ2) is 7.05. The van der Waals surface area contributed by atoms with Crippen molar-refractivity contribution in [2.45, 2.75) is 25.8 Å². The highest BCUT2D eigenvalue weighted by molar-refractivity contribution is 5.90. The molecule has 0 spiro atoms. The highest BCUT2D eigenvalue weighted by atomic mass is 16.3. The molecule has 1 fully saturated rings. The van der Waals surface area contributed by atoms with Crippen LogP contribution in [0.2, 0.25) is 0 Å². The van der Waals surface area contributed by atoms with Crippen LogP contribution in [0.5, 0.6) is 0 Å². The fourth-order valence-electron chi connectivity index (χ4n) is 3.92. The van der Waals surface area contributed by atoms with Crippen LogP contribution in [0.15, 0.2) is 71.1 Å². The fourth-order valence-corrected chi connectivity index (χ4v) is 3.92. The summed E-state index contributed by atoms with van der Waals surface area (Å²) in [4.78, 5) is 2.49. The largest absolute Gasteiger partial charge is 0.456 e. The molecular formula is C23H23N3O. The van der Waals surface area contributed by atoms with E-state index in [1.165, 1.54) is 19.3 Å². The Morgan fingerprint density at radius 1 is 0.852 bits per heavy atom. The Kier molecular flexibility index (Phi) is 4.26. The molecule has 0 saturated carbocycles. The number of para-hydroxylation sites is 1. The summed E-state index contributed by atoms with van der Waals surface area (Å²) in [6.07, 6.45) is 3.92. The highest BCUT2D eigenvalue weighted by Crippen LogP contribution is 2.32. The molecule has 1 saturated heterocycles. The zero-order valence-corrected chi connectivity index (χ0v) is 15.3. The van der Waals surface area contributed by atoms with E-state index in [9.17, 15) is 0 Å². The van der Waals surface area contributed by atoms with Crippen molar-refractivity contribution in [1.29, 1.82) is 0 Å². The standard InChI is InChI=1S/C23H23N3O/c1-4-10-18(11-5-1)22-23-21(26(24-22)19-12-6-2-7-13-19)16-20(27-23)17-25-14-8-3-9-15-25/h1-2,4-7,10-13,16H,3,8-9,14-15,17H2. The molecule has 0 bridgehead atoms. The Morgan fingerprint density at radius 2 is 1.56 bits per heavy atom. The van der Waals surface area contributed by atoms with Gasteiger partial charge in [0.25, 0.3) is 0 Å². The SMILES string of the molecule is c1ccc(-c2nn(-c3ccccc3)c3cc(CN4CCCCC4)oc23)cc1. The Hall–Kier alpha value is -2.85. The van der Waals surface area contributed by atoms with E-state index in [1.54, 1.807) is 0 Å². The number of aromatic nitrogens is 2. The predicted molar refractivity (Wildman–Crippen MR) is 108 cm³/mol. The van der Waals surface area contributed by atoms with E-state index in [0.29, 0.717) is 0 Å². The van der Waals surface area contributed by atoms with Gasteiger partial charge in [0.1, 0.15) is 17.0 Å². The monoisotopic (exact) mass is 357 g/mol. The maximum atomic E-state index is 6.33. The van der Waals surface area contributed by atoms with Crippen molar-refractivity contribution in [1.82, 2.24) is 14.7 Å². The first-order valence-electron chi connectivity index (χ1n) is 9.73. The van der Waals surface area contributed by atoms with Gasteiger partial charge in [0, 0.05) is 11.6 Å². The molecule has 136 valence electrons. The zero-order chi connectivity index (χ0) is 18.1. The van der Waals surface area contributed by atoms with Gasteiger partial charge < -0.3 is 4.42 Å². The van der Waals surface area contributed by atoms with Gasteiger partial charge in [0.15, 0.2) is 5.58 Å². The van der Waals surface area contributed by atoms with E-state index in [2.05, 4.69) is 35.2 Å². The molecule has 4 aromatic rings. The molecule has 5 rings (SSSR count). The molecule has 2 aromatic heterocycles. The first kappa shape index (κ1) is 16.3. The minimum absolute atomic E-state index is 0.872. The lowest BCUT2D eigenvalue weighted by Crippen LogP contribution is -2.28. The molecule has 1 aliphatic rings. The number of nitrogens with zero attached hydrogens (tertiary/aromatic N) is 3. The molecule has 3 heterocycles. The second-order valence-electron chi connectivity index (χ2n) is 7.23. The van der Waals surface area contributed by atoms with Crippen LogP contribution in [0, 0.1) is 0 Å². The van der Waals surface area contributed by atoms with Crippen LogP contribution in [0.1, 0.15) is 25.0 Å². The Labute approximate surface area is 159 Å². The Balaban J connectivity index is 1.61. The zero-order valence-electron chi connectivity index (χ0n) is 15.3. The Bertz CT molecular complexity index is 956. The molecular weight excluding hydrogens is 334 g/mol. The summed E-state index contributed by atoms with van der Waals surface area (Å²) in [6.45, 7) is 3.19. The number of rotatable bonds is 4. The summed E-state index contributed by atoms with van der Waals surface area (Å²) in [5.41, 5.74) is 4.94. The van der Waals surface area contributed by atoms with Crippen molar-refractivity contribution in [2.75, 3.05) is 13.1 Å². The highest BCUT2D eigenvalue weighted by Gasteiger charge is 2.20. The number of benzene rings is 2. The summed E-state index contributed by atoms with van der Waals surface area (Å²) in [6, 6.07) is 22.7. The van der Waals surface area contributed by atoms with Gasteiger partial charge in [0.2, 0.25) is 0 Å². The number of likely N-dealkylation sites (tertiary alicyclic amines) is 1. The average Bonchev–Trinajstić information content (AvgIpc) is 3.29. The normalized spacial score (nSPS) is 15.4. The van der Waals surface area contributed by atoms with Crippen molar-refractivity contribution < 1.29 is 4.42 Å². The van der Waals surface area contributed by atoms with E-state index < -0.39 is 0 Å². The molecule has 0 aliphatic carbocycles. The third kappa shape index (κ3) is 3.17. The maximum Gasteiger partial charge on any atom is 0.180 e. The molecule has 0 atom stereocenters. The number of hydrogen-bond acceptors (Lipinski definition) is 3.